The molecule has 1 unspecified atom stereocenters. The number of hydrogen-bond acceptors (Lipinski definition) is 3. The van der Waals surface area contributed by atoms with Crippen LogP contribution in [-0.2, 0) is 17.0 Å². The van der Waals surface area contributed by atoms with Gasteiger partial charge in [-0.1, -0.05) is 29.8 Å². The summed E-state index contributed by atoms with van der Waals surface area (Å²) in [5.41, 5.74) is 10.3. The molecule has 0 bridgehead atoms. The number of carbonyl (C=O) groups excluding carboxylic acids is 1. The SMILES string of the molecule is Nc1ccc2c(c1)CCCC2NC(=O)CSCc1ccc(Cl)cc1. The second-order valence-electron chi connectivity index (χ2n) is 6.09. The van der Waals surface area contributed by atoms with Gasteiger partial charge in [-0.15, -0.1) is 11.8 Å². The van der Waals surface area contributed by atoms with Crippen LogP contribution in [0.4, 0.5) is 5.69 Å². The summed E-state index contributed by atoms with van der Waals surface area (Å²) in [6, 6.07) is 13.9. The van der Waals surface area contributed by atoms with Gasteiger partial charge in [-0.3, -0.25) is 4.79 Å². The highest BCUT2D eigenvalue weighted by Crippen LogP contribution is 2.31. The maximum Gasteiger partial charge on any atom is 0.230 e. The van der Waals surface area contributed by atoms with E-state index in [1.54, 1.807) is 11.8 Å². The molecule has 0 aliphatic heterocycles. The number of benzene rings is 2. The Labute approximate surface area is 152 Å². The maximum atomic E-state index is 12.3. The first-order valence-electron chi connectivity index (χ1n) is 8.11. The summed E-state index contributed by atoms with van der Waals surface area (Å²) >= 11 is 7.49. The van der Waals surface area contributed by atoms with Crippen molar-refractivity contribution in [2.24, 2.45) is 0 Å². The van der Waals surface area contributed by atoms with Gasteiger partial charge < -0.3 is 11.1 Å². The number of nitrogens with two attached hydrogens (primary N) is 1. The van der Waals surface area contributed by atoms with Gasteiger partial charge in [0.05, 0.1) is 11.8 Å². The number of rotatable bonds is 5. The predicted molar refractivity (Wildman–Crippen MR) is 102 cm³/mol. The molecule has 5 heteroatoms. The fourth-order valence-electron chi connectivity index (χ4n) is 3.06. The molecular weight excluding hydrogens is 340 g/mol. The van der Waals surface area contributed by atoms with Crippen molar-refractivity contribution in [1.29, 1.82) is 0 Å². The van der Waals surface area contributed by atoms with Gasteiger partial charge in [-0.2, -0.15) is 0 Å². The molecule has 0 fully saturated rings. The zero-order valence-electron chi connectivity index (χ0n) is 13.4. The monoisotopic (exact) mass is 360 g/mol. The number of halogens is 1. The van der Waals surface area contributed by atoms with Gasteiger partial charge in [0, 0.05) is 16.5 Å². The molecule has 1 atom stereocenters. The summed E-state index contributed by atoms with van der Waals surface area (Å²) in [5, 5.41) is 3.90. The summed E-state index contributed by atoms with van der Waals surface area (Å²) in [7, 11) is 0. The largest absolute Gasteiger partial charge is 0.399 e. The minimum Gasteiger partial charge on any atom is -0.399 e. The molecule has 24 heavy (non-hydrogen) atoms. The first-order chi connectivity index (χ1) is 11.6. The molecule has 1 amide bonds. The van der Waals surface area contributed by atoms with Crippen LogP contribution in [0.25, 0.3) is 0 Å². The van der Waals surface area contributed by atoms with Crippen molar-refractivity contribution in [3.05, 3.63) is 64.2 Å². The number of thioether (sulfide) groups is 1. The molecule has 0 saturated carbocycles. The zero-order valence-corrected chi connectivity index (χ0v) is 15.0. The van der Waals surface area contributed by atoms with Crippen molar-refractivity contribution >= 4 is 35.0 Å². The molecule has 0 heterocycles. The van der Waals surface area contributed by atoms with Crippen LogP contribution < -0.4 is 11.1 Å². The Morgan fingerprint density at radius 3 is 2.83 bits per heavy atom. The smallest absolute Gasteiger partial charge is 0.230 e. The second kappa shape index (κ2) is 7.95. The van der Waals surface area contributed by atoms with Crippen LogP contribution in [0.1, 0.15) is 35.6 Å². The van der Waals surface area contributed by atoms with Crippen LogP contribution in [0.2, 0.25) is 5.02 Å². The van der Waals surface area contributed by atoms with Crippen LogP contribution >= 0.6 is 23.4 Å². The van der Waals surface area contributed by atoms with Gasteiger partial charge in [0.2, 0.25) is 5.91 Å². The summed E-state index contributed by atoms with van der Waals surface area (Å²) in [6.07, 6.45) is 3.11. The quantitative estimate of drug-likeness (QED) is 0.779. The summed E-state index contributed by atoms with van der Waals surface area (Å²) in [6.45, 7) is 0. The van der Waals surface area contributed by atoms with Crippen LogP contribution in [0, 0.1) is 0 Å². The molecule has 0 spiro atoms. The van der Waals surface area contributed by atoms with Crippen molar-refractivity contribution in [3.63, 3.8) is 0 Å². The average Bonchev–Trinajstić information content (AvgIpc) is 2.56. The van der Waals surface area contributed by atoms with E-state index in [1.807, 2.05) is 36.4 Å². The molecule has 3 N–H and O–H groups in total. The van der Waals surface area contributed by atoms with E-state index in [2.05, 4.69) is 11.4 Å². The molecule has 1 aliphatic rings. The normalized spacial score (nSPS) is 16.5. The molecule has 3 rings (SSSR count). The standard InChI is InChI=1S/C19H21ClN2OS/c20-15-6-4-13(5-7-15)11-24-12-19(23)22-18-3-1-2-14-10-16(21)8-9-17(14)18/h4-10,18H,1-3,11-12,21H2,(H,22,23). The Kier molecular flexibility index (Phi) is 5.69. The minimum atomic E-state index is 0.0867. The van der Waals surface area contributed by atoms with E-state index in [0.717, 1.165) is 35.7 Å². The van der Waals surface area contributed by atoms with Gasteiger partial charge in [-0.25, -0.2) is 0 Å². The van der Waals surface area contributed by atoms with E-state index in [4.69, 9.17) is 17.3 Å². The second-order valence-corrected chi connectivity index (χ2v) is 7.51. The zero-order chi connectivity index (χ0) is 16.9. The Hall–Kier alpha value is -1.65. The lowest BCUT2D eigenvalue weighted by Crippen LogP contribution is -2.32. The Bertz CT molecular complexity index is 718. The lowest BCUT2D eigenvalue weighted by atomic mass is 9.87. The van der Waals surface area contributed by atoms with E-state index in [9.17, 15) is 4.79 Å². The number of carbonyl (C=O) groups is 1. The van der Waals surface area contributed by atoms with Gasteiger partial charge in [0.15, 0.2) is 0 Å². The van der Waals surface area contributed by atoms with E-state index >= 15 is 0 Å². The van der Waals surface area contributed by atoms with Crippen molar-refractivity contribution in [2.75, 3.05) is 11.5 Å². The number of nitrogens with one attached hydrogen (secondary N) is 1. The number of aryl methyl sites for hydroxylation is 1. The molecule has 2 aromatic rings. The van der Waals surface area contributed by atoms with Crippen LogP contribution in [0.3, 0.4) is 0 Å². The van der Waals surface area contributed by atoms with Crippen molar-refractivity contribution in [1.82, 2.24) is 5.32 Å². The molecule has 0 aromatic heterocycles. The fraction of sp³-hybridized carbons (Fsp3) is 0.316. The highest BCUT2D eigenvalue weighted by atomic mass is 35.5. The Balaban J connectivity index is 1.51. The molecule has 126 valence electrons. The van der Waals surface area contributed by atoms with E-state index in [-0.39, 0.29) is 11.9 Å². The predicted octanol–water partition coefficient (Wildman–Crippen LogP) is 4.35. The maximum absolute atomic E-state index is 12.3. The molecule has 0 saturated heterocycles. The highest BCUT2D eigenvalue weighted by molar-refractivity contribution is 7.99. The van der Waals surface area contributed by atoms with Gasteiger partial charge in [0.1, 0.15) is 0 Å². The highest BCUT2D eigenvalue weighted by Gasteiger charge is 2.21. The van der Waals surface area contributed by atoms with Crippen LogP contribution in [-0.4, -0.2) is 11.7 Å². The third-order valence-corrected chi connectivity index (χ3v) is 5.49. The van der Waals surface area contributed by atoms with Gasteiger partial charge >= 0.3 is 0 Å². The molecule has 1 aliphatic carbocycles. The van der Waals surface area contributed by atoms with E-state index < -0.39 is 0 Å². The van der Waals surface area contributed by atoms with E-state index in [0.29, 0.717) is 5.75 Å². The Morgan fingerprint density at radius 1 is 1.25 bits per heavy atom. The fourth-order valence-corrected chi connectivity index (χ4v) is 3.99. The molecule has 2 aromatic carbocycles. The average molecular weight is 361 g/mol. The topological polar surface area (TPSA) is 55.1 Å². The molecule has 3 nitrogen and oxygen atoms in total. The molecular formula is C19H21ClN2OS. The molecule has 0 radical (unpaired) electrons. The first kappa shape index (κ1) is 17.2. The van der Waals surface area contributed by atoms with Crippen molar-refractivity contribution < 1.29 is 4.79 Å². The summed E-state index contributed by atoms with van der Waals surface area (Å²) < 4.78 is 0. The third-order valence-electron chi connectivity index (χ3n) is 4.23. The number of fused-ring (bicyclic) bond motifs is 1. The number of nitrogen functional groups attached to an aromatic ring is 1. The van der Waals surface area contributed by atoms with Crippen molar-refractivity contribution in [3.8, 4) is 0 Å². The Morgan fingerprint density at radius 2 is 2.04 bits per heavy atom. The lowest BCUT2D eigenvalue weighted by Gasteiger charge is -2.26. The number of anilines is 1. The van der Waals surface area contributed by atoms with Gasteiger partial charge in [-0.05, 0) is 60.2 Å². The number of amides is 1. The number of hydrogen-bond donors (Lipinski definition) is 2. The van der Waals surface area contributed by atoms with Crippen molar-refractivity contribution in [2.45, 2.75) is 31.1 Å². The van der Waals surface area contributed by atoms with Crippen LogP contribution in [0.15, 0.2) is 42.5 Å². The summed E-state index contributed by atoms with van der Waals surface area (Å²) in [4.78, 5) is 12.3. The minimum absolute atomic E-state index is 0.0867. The lowest BCUT2D eigenvalue weighted by molar-refractivity contribution is -0.119. The summed E-state index contributed by atoms with van der Waals surface area (Å²) in [5.74, 6) is 1.36. The van der Waals surface area contributed by atoms with Crippen LogP contribution in [0.5, 0.6) is 0 Å². The van der Waals surface area contributed by atoms with E-state index in [1.165, 1.54) is 16.7 Å². The van der Waals surface area contributed by atoms with Gasteiger partial charge in [0.25, 0.3) is 0 Å². The first-order valence-corrected chi connectivity index (χ1v) is 9.65. The third kappa shape index (κ3) is 4.46.